The zero-order chi connectivity index (χ0) is 14.5. The van der Waals surface area contributed by atoms with Crippen molar-refractivity contribution in [3.05, 3.63) is 47.8 Å². The molecule has 0 saturated carbocycles. The number of nitrogens with two attached hydrogens (primary N) is 1. The summed E-state index contributed by atoms with van der Waals surface area (Å²) in [5.41, 5.74) is 7.69. The van der Waals surface area contributed by atoms with Crippen molar-refractivity contribution >= 4 is 5.95 Å². The van der Waals surface area contributed by atoms with E-state index in [-0.39, 0.29) is 6.04 Å². The molecule has 0 spiro atoms. The summed E-state index contributed by atoms with van der Waals surface area (Å²) in [6.45, 7) is 2.90. The number of nitrogens with zero attached hydrogens (tertiary/aromatic N) is 3. The fraction of sp³-hybridized carbons (Fsp3) is 0.333. The van der Waals surface area contributed by atoms with Crippen LogP contribution in [0.5, 0.6) is 5.75 Å². The predicted molar refractivity (Wildman–Crippen MR) is 79.3 cm³/mol. The summed E-state index contributed by atoms with van der Waals surface area (Å²) in [5.74, 6) is 1.20. The molecule has 1 aromatic carbocycles. The van der Waals surface area contributed by atoms with E-state index in [2.05, 4.69) is 34.9 Å². The van der Waals surface area contributed by atoms with Crippen molar-refractivity contribution in [1.82, 2.24) is 14.9 Å². The fourth-order valence-electron chi connectivity index (χ4n) is 2.12. The monoisotopic (exact) mass is 272 g/mol. The third-order valence-corrected chi connectivity index (χ3v) is 3.41. The summed E-state index contributed by atoms with van der Waals surface area (Å²) in [5, 5.41) is 0. The molecule has 0 aliphatic heterocycles. The van der Waals surface area contributed by atoms with E-state index in [1.165, 1.54) is 0 Å². The van der Waals surface area contributed by atoms with Gasteiger partial charge in [0, 0.05) is 36.1 Å². The van der Waals surface area contributed by atoms with Crippen LogP contribution in [0.15, 0.2) is 36.7 Å². The Bertz CT molecular complexity index is 556. The molecule has 1 aromatic heterocycles. The van der Waals surface area contributed by atoms with Gasteiger partial charge >= 0.3 is 0 Å². The summed E-state index contributed by atoms with van der Waals surface area (Å²) >= 11 is 0. The Morgan fingerprint density at radius 3 is 2.55 bits per heavy atom. The van der Waals surface area contributed by atoms with Crippen LogP contribution in [0.2, 0.25) is 0 Å². The zero-order valence-corrected chi connectivity index (χ0v) is 12.1. The molecule has 0 fully saturated rings. The lowest BCUT2D eigenvalue weighted by Crippen LogP contribution is -2.22. The number of methoxy groups -OCH3 is 1. The lowest BCUT2D eigenvalue weighted by molar-refractivity contribution is 0.246. The van der Waals surface area contributed by atoms with Crippen molar-refractivity contribution in [2.24, 2.45) is 0 Å². The number of nitrogen functional groups attached to an aromatic ring is 1. The Hall–Kier alpha value is -2.14. The number of hydrogen-bond donors (Lipinski definition) is 1. The van der Waals surface area contributed by atoms with E-state index in [0.29, 0.717) is 5.95 Å². The largest absolute Gasteiger partial charge is 0.496 e. The normalized spacial score (nSPS) is 12.4. The first kappa shape index (κ1) is 14.3. The SMILES string of the molecule is COc1ccccc1[C@@H](C)N(C)Cc1cnc(N)nc1. The molecule has 0 aliphatic rings. The van der Waals surface area contributed by atoms with Gasteiger partial charge in [0.15, 0.2) is 0 Å². The summed E-state index contributed by atoms with van der Waals surface area (Å²) in [6, 6.07) is 8.28. The van der Waals surface area contributed by atoms with Crippen molar-refractivity contribution in [3.8, 4) is 5.75 Å². The number of benzene rings is 1. The number of rotatable bonds is 5. The molecular weight excluding hydrogens is 252 g/mol. The Labute approximate surface area is 119 Å². The van der Waals surface area contributed by atoms with E-state index in [1.54, 1.807) is 19.5 Å². The van der Waals surface area contributed by atoms with Crippen LogP contribution in [0, 0.1) is 0 Å². The first-order chi connectivity index (χ1) is 9.61. The van der Waals surface area contributed by atoms with Crippen molar-refractivity contribution in [2.45, 2.75) is 19.5 Å². The minimum atomic E-state index is 0.226. The summed E-state index contributed by atoms with van der Waals surface area (Å²) in [6.07, 6.45) is 3.52. The Kier molecular flexibility index (Phi) is 4.53. The Balaban J connectivity index is 2.12. The molecule has 0 radical (unpaired) electrons. The van der Waals surface area contributed by atoms with Crippen LogP contribution in [0.3, 0.4) is 0 Å². The fourth-order valence-corrected chi connectivity index (χ4v) is 2.12. The molecule has 106 valence electrons. The van der Waals surface area contributed by atoms with Gasteiger partial charge < -0.3 is 10.5 Å². The highest BCUT2D eigenvalue weighted by molar-refractivity contribution is 5.35. The lowest BCUT2D eigenvalue weighted by Gasteiger charge is -2.26. The molecule has 5 nitrogen and oxygen atoms in total. The van der Waals surface area contributed by atoms with Crippen molar-refractivity contribution in [2.75, 3.05) is 19.9 Å². The molecular formula is C15H20N4O. The standard InChI is InChI=1S/C15H20N4O/c1-11(13-6-4-5-7-14(13)20-3)19(2)10-12-8-17-15(16)18-9-12/h4-9,11H,10H2,1-3H3,(H2,16,17,18)/t11-/m1/s1. The average molecular weight is 272 g/mol. The third kappa shape index (κ3) is 3.24. The van der Waals surface area contributed by atoms with Crippen molar-refractivity contribution in [1.29, 1.82) is 0 Å². The Morgan fingerprint density at radius 2 is 1.90 bits per heavy atom. The van der Waals surface area contributed by atoms with Gasteiger partial charge in [0.05, 0.1) is 7.11 Å². The minimum Gasteiger partial charge on any atom is -0.496 e. The average Bonchev–Trinajstić information content (AvgIpc) is 2.48. The molecule has 0 bridgehead atoms. The van der Waals surface area contributed by atoms with E-state index in [1.807, 2.05) is 18.2 Å². The van der Waals surface area contributed by atoms with Crippen LogP contribution in [-0.4, -0.2) is 29.0 Å². The van der Waals surface area contributed by atoms with Gasteiger partial charge in [-0.3, -0.25) is 4.90 Å². The molecule has 2 N–H and O–H groups in total. The maximum Gasteiger partial charge on any atom is 0.219 e. The molecule has 0 unspecified atom stereocenters. The highest BCUT2D eigenvalue weighted by Crippen LogP contribution is 2.28. The van der Waals surface area contributed by atoms with E-state index in [0.717, 1.165) is 23.4 Å². The van der Waals surface area contributed by atoms with Gasteiger partial charge in [0.1, 0.15) is 5.75 Å². The topological polar surface area (TPSA) is 64.3 Å². The molecule has 20 heavy (non-hydrogen) atoms. The van der Waals surface area contributed by atoms with Gasteiger partial charge in [-0.1, -0.05) is 18.2 Å². The maximum absolute atomic E-state index is 5.49. The molecule has 2 aromatic rings. The van der Waals surface area contributed by atoms with E-state index in [9.17, 15) is 0 Å². The molecule has 0 saturated heterocycles. The van der Waals surface area contributed by atoms with E-state index in [4.69, 9.17) is 10.5 Å². The van der Waals surface area contributed by atoms with Crippen LogP contribution in [0.4, 0.5) is 5.95 Å². The number of ether oxygens (including phenoxy) is 1. The van der Waals surface area contributed by atoms with Crippen LogP contribution in [0.25, 0.3) is 0 Å². The van der Waals surface area contributed by atoms with Gasteiger partial charge in [-0.2, -0.15) is 0 Å². The number of aromatic nitrogens is 2. The third-order valence-electron chi connectivity index (χ3n) is 3.41. The van der Waals surface area contributed by atoms with Crippen LogP contribution in [0.1, 0.15) is 24.1 Å². The first-order valence-corrected chi connectivity index (χ1v) is 6.51. The van der Waals surface area contributed by atoms with Crippen molar-refractivity contribution < 1.29 is 4.74 Å². The maximum atomic E-state index is 5.49. The molecule has 0 amide bonds. The summed E-state index contributed by atoms with van der Waals surface area (Å²) in [4.78, 5) is 10.2. The summed E-state index contributed by atoms with van der Waals surface area (Å²) < 4.78 is 5.41. The van der Waals surface area contributed by atoms with E-state index < -0.39 is 0 Å². The molecule has 5 heteroatoms. The summed E-state index contributed by atoms with van der Waals surface area (Å²) in [7, 11) is 3.76. The molecule has 1 heterocycles. The quantitative estimate of drug-likeness (QED) is 0.904. The van der Waals surface area contributed by atoms with Crippen LogP contribution >= 0.6 is 0 Å². The predicted octanol–water partition coefficient (Wildman–Crippen LogP) is 2.26. The highest BCUT2D eigenvalue weighted by atomic mass is 16.5. The second-order valence-electron chi connectivity index (χ2n) is 4.78. The van der Waals surface area contributed by atoms with E-state index >= 15 is 0 Å². The van der Waals surface area contributed by atoms with Gasteiger partial charge in [0.25, 0.3) is 0 Å². The van der Waals surface area contributed by atoms with Gasteiger partial charge in [-0.25, -0.2) is 9.97 Å². The molecule has 1 atom stereocenters. The Morgan fingerprint density at radius 1 is 1.25 bits per heavy atom. The van der Waals surface area contributed by atoms with Gasteiger partial charge in [0.2, 0.25) is 5.95 Å². The van der Waals surface area contributed by atoms with Crippen LogP contribution in [-0.2, 0) is 6.54 Å². The smallest absolute Gasteiger partial charge is 0.219 e. The minimum absolute atomic E-state index is 0.226. The molecule has 0 aliphatic carbocycles. The van der Waals surface area contributed by atoms with Gasteiger partial charge in [-0.05, 0) is 20.0 Å². The number of para-hydroxylation sites is 1. The van der Waals surface area contributed by atoms with Gasteiger partial charge in [-0.15, -0.1) is 0 Å². The first-order valence-electron chi connectivity index (χ1n) is 6.51. The number of hydrogen-bond acceptors (Lipinski definition) is 5. The van der Waals surface area contributed by atoms with Crippen LogP contribution < -0.4 is 10.5 Å². The second kappa shape index (κ2) is 6.34. The number of anilines is 1. The molecule has 2 rings (SSSR count). The van der Waals surface area contributed by atoms with Crippen molar-refractivity contribution in [3.63, 3.8) is 0 Å². The highest BCUT2D eigenvalue weighted by Gasteiger charge is 2.16. The lowest BCUT2D eigenvalue weighted by atomic mass is 10.1. The zero-order valence-electron chi connectivity index (χ0n) is 12.1. The second-order valence-corrected chi connectivity index (χ2v) is 4.78.